The Morgan fingerprint density at radius 3 is 2.21 bits per heavy atom. The van der Waals surface area contributed by atoms with Crippen molar-refractivity contribution in [2.45, 2.75) is 26.3 Å². The Morgan fingerprint density at radius 1 is 1.14 bits per heavy atom. The Bertz CT molecular complexity index is 159. The molecule has 14 heavy (non-hydrogen) atoms. The Balaban J connectivity index is 2.08. The van der Waals surface area contributed by atoms with Crippen molar-refractivity contribution >= 4 is 0 Å². The molecule has 0 aliphatic carbocycles. The second-order valence-corrected chi connectivity index (χ2v) is 5.05. The summed E-state index contributed by atoms with van der Waals surface area (Å²) in [7, 11) is 2.16. The van der Waals surface area contributed by atoms with Gasteiger partial charge < -0.3 is 4.90 Å². The third-order valence-electron chi connectivity index (χ3n) is 2.22. The predicted octanol–water partition coefficient (Wildman–Crippen LogP) is 0.511. The van der Waals surface area contributed by atoms with Gasteiger partial charge >= 0.3 is 0 Å². The smallest absolute Gasteiger partial charge is 0.121 e. The van der Waals surface area contributed by atoms with E-state index < -0.39 is 0 Å². The standard InChI is InChI=1S/C10H23N3O/c1-10(2,3)11-14-9-13-7-5-12(4)6-8-13/h11H,5-9H2,1-4H3. The first-order valence-corrected chi connectivity index (χ1v) is 5.27. The lowest BCUT2D eigenvalue weighted by Crippen LogP contribution is -2.47. The molecule has 1 saturated heterocycles. The number of rotatable bonds is 3. The van der Waals surface area contributed by atoms with Crippen molar-refractivity contribution in [3.63, 3.8) is 0 Å². The van der Waals surface area contributed by atoms with Crippen molar-refractivity contribution < 1.29 is 4.84 Å². The molecule has 0 aromatic carbocycles. The van der Waals surface area contributed by atoms with Crippen LogP contribution in [0.2, 0.25) is 0 Å². The number of likely N-dealkylation sites (N-methyl/N-ethyl adjacent to an activating group) is 1. The van der Waals surface area contributed by atoms with Crippen LogP contribution in [-0.2, 0) is 4.84 Å². The summed E-state index contributed by atoms with van der Waals surface area (Å²) >= 11 is 0. The highest BCUT2D eigenvalue weighted by Crippen LogP contribution is 2.01. The van der Waals surface area contributed by atoms with Crippen molar-refractivity contribution in [1.29, 1.82) is 0 Å². The maximum absolute atomic E-state index is 5.43. The molecule has 1 N–H and O–H groups in total. The van der Waals surface area contributed by atoms with E-state index >= 15 is 0 Å². The molecule has 1 heterocycles. The fraction of sp³-hybridized carbons (Fsp3) is 1.00. The summed E-state index contributed by atoms with van der Waals surface area (Å²) in [5.74, 6) is 0. The van der Waals surface area contributed by atoms with Gasteiger partial charge in [0.25, 0.3) is 0 Å². The fourth-order valence-electron chi connectivity index (χ4n) is 1.32. The zero-order valence-corrected chi connectivity index (χ0v) is 9.84. The summed E-state index contributed by atoms with van der Waals surface area (Å²) in [6, 6.07) is 0. The average Bonchev–Trinajstić information content (AvgIpc) is 2.06. The van der Waals surface area contributed by atoms with E-state index in [9.17, 15) is 0 Å². The van der Waals surface area contributed by atoms with Gasteiger partial charge in [-0.05, 0) is 27.8 Å². The van der Waals surface area contributed by atoms with E-state index in [2.05, 4.69) is 43.1 Å². The Morgan fingerprint density at radius 2 is 1.71 bits per heavy atom. The highest BCUT2D eigenvalue weighted by molar-refractivity contribution is 4.67. The lowest BCUT2D eigenvalue weighted by molar-refractivity contribution is -0.0733. The third kappa shape index (κ3) is 4.91. The van der Waals surface area contributed by atoms with Gasteiger partial charge in [0.15, 0.2) is 0 Å². The Kier molecular flexibility index (Phi) is 4.31. The molecule has 0 bridgehead atoms. The molecule has 0 amide bonds. The first kappa shape index (κ1) is 11.9. The van der Waals surface area contributed by atoms with E-state index in [1.807, 2.05) is 0 Å². The predicted molar refractivity (Wildman–Crippen MR) is 57.9 cm³/mol. The van der Waals surface area contributed by atoms with Gasteiger partial charge in [0, 0.05) is 31.7 Å². The van der Waals surface area contributed by atoms with Crippen LogP contribution in [0.1, 0.15) is 20.8 Å². The summed E-state index contributed by atoms with van der Waals surface area (Å²) in [4.78, 5) is 10.1. The van der Waals surface area contributed by atoms with E-state index in [4.69, 9.17) is 4.84 Å². The van der Waals surface area contributed by atoms with Crippen molar-refractivity contribution in [2.24, 2.45) is 0 Å². The summed E-state index contributed by atoms with van der Waals surface area (Å²) in [5, 5.41) is 0. The molecule has 1 aliphatic heterocycles. The van der Waals surface area contributed by atoms with Crippen LogP contribution in [0.15, 0.2) is 0 Å². The van der Waals surface area contributed by atoms with Crippen molar-refractivity contribution in [1.82, 2.24) is 15.3 Å². The lowest BCUT2D eigenvalue weighted by Gasteiger charge is -2.32. The second-order valence-electron chi connectivity index (χ2n) is 5.05. The van der Waals surface area contributed by atoms with E-state index in [-0.39, 0.29) is 5.54 Å². The van der Waals surface area contributed by atoms with E-state index in [1.54, 1.807) is 0 Å². The molecule has 0 aromatic heterocycles. The summed E-state index contributed by atoms with van der Waals surface area (Å²) in [5.41, 5.74) is 3.06. The quantitative estimate of drug-likeness (QED) is 0.673. The molecule has 0 spiro atoms. The first-order chi connectivity index (χ1) is 6.47. The summed E-state index contributed by atoms with van der Waals surface area (Å²) < 4.78 is 0. The van der Waals surface area contributed by atoms with Gasteiger partial charge in [-0.1, -0.05) is 0 Å². The molecule has 0 atom stereocenters. The second kappa shape index (κ2) is 5.07. The van der Waals surface area contributed by atoms with Crippen LogP contribution in [0.5, 0.6) is 0 Å². The highest BCUT2D eigenvalue weighted by atomic mass is 16.7. The molecular formula is C10H23N3O. The molecule has 4 heteroatoms. The van der Waals surface area contributed by atoms with Gasteiger partial charge in [-0.3, -0.25) is 9.74 Å². The molecular weight excluding hydrogens is 178 g/mol. The highest BCUT2D eigenvalue weighted by Gasteiger charge is 2.15. The maximum atomic E-state index is 5.43. The molecule has 84 valence electrons. The van der Waals surface area contributed by atoms with Gasteiger partial charge in [-0.15, -0.1) is 0 Å². The van der Waals surface area contributed by atoms with Crippen molar-refractivity contribution in [2.75, 3.05) is 40.0 Å². The van der Waals surface area contributed by atoms with Crippen LogP contribution >= 0.6 is 0 Å². The van der Waals surface area contributed by atoms with Gasteiger partial charge in [-0.25, -0.2) is 0 Å². The van der Waals surface area contributed by atoms with Gasteiger partial charge in [0.2, 0.25) is 0 Å². The van der Waals surface area contributed by atoms with Crippen molar-refractivity contribution in [3.8, 4) is 0 Å². The Hall–Kier alpha value is -0.160. The van der Waals surface area contributed by atoms with E-state index in [1.165, 1.54) is 0 Å². The Labute approximate surface area is 87.2 Å². The van der Waals surface area contributed by atoms with Crippen LogP contribution in [0, 0.1) is 0 Å². The van der Waals surface area contributed by atoms with Gasteiger partial charge in [0.05, 0.1) is 0 Å². The monoisotopic (exact) mass is 201 g/mol. The van der Waals surface area contributed by atoms with E-state index in [0.717, 1.165) is 26.2 Å². The van der Waals surface area contributed by atoms with Crippen LogP contribution in [-0.4, -0.2) is 55.3 Å². The number of hydrogen-bond acceptors (Lipinski definition) is 4. The largest absolute Gasteiger partial charge is 0.304 e. The summed E-state index contributed by atoms with van der Waals surface area (Å²) in [6.45, 7) is 11.4. The number of nitrogens with one attached hydrogen (secondary N) is 1. The molecule has 1 rings (SSSR count). The van der Waals surface area contributed by atoms with Crippen LogP contribution in [0.3, 0.4) is 0 Å². The third-order valence-corrected chi connectivity index (χ3v) is 2.22. The molecule has 0 saturated carbocycles. The van der Waals surface area contributed by atoms with Crippen LogP contribution in [0.4, 0.5) is 0 Å². The SMILES string of the molecule is CN1CCN(CONC(C)(C)C)CC1. The number of hydrogen-bond donors (Lipinski definition) is 1. The molecule has 1 aliphatic rings. The minimum atomic E-state index is 0.0343. The number of nitrogens with zero attached hydrogens (tertiary/aromatic N) is 2. The zero-order chi connectivity index (χ0) is 10.6. The fourth-order valence-corrected chi connectivity index (χ4v) is 1.32. The summed E-state index contributed by atoms with van der Waals surface area (Å²) in [6.07, 6.45) is 0. The van der Waals surface area contributed by atoms with Gasteiger partial charge in [-0.2, -0.15) is 5.48 Å². The normalized spacial score (nSPS) is 21.4. The minimum Gasteiger partial charge on any atom is -0.304 e. The van der Waals surface area contributed by atoms with E-state index in [0.29, 0.717) is 6.73 Å². The van der Waals surface area contributed by atoms with Crippen LogP contribution in [0.25, 0.3) is 0 Å². The number of hydroxylamine groups is 1. The molecule has 0 unspecified atom stereocenters. The lowest BCUT2D eigenvalue weighted by atomic mass is 10.1. The average molecular weight is 201 g/mol. The molecule has 0 radical (unpaired) electrons. The van der Waals surface area contributed by atoms with Crippen LogP contribution < -0.4 is 5.48 Å². The number of piperazine rings is 1. The molecule has 1 fully saturated rings. The maximum Gasteiger partial charge on any atom is 0.121 e. The molecule has 0 aromatic rings. The van der Waals surface area contributed by atoms with Crippen molar-refractivity contribution in [3.05, 3.63) is 0 Å². The van der Waals surface area contributed by atoms with Gasteiger partial charge in [0.1, 0.15) is 6.73 Å². The molecule has 4 nitrogen and oxygen atoms in total. The minimum absolute atomic E-state index is 0.0343. The zero-order valence-electron chi connectivity index (χ0n) is 9.84. The first-order valence-electron chi connectivity index (χ1n) is 5.27. The topological polar surface area (TPSA) is 27.7 Å².